The van der Waals surface area contributed by atoms with E-state index in [2.05, 4.69) is 52.0 Å². The molecule has 0 aliphatic heterocycles. The number of carbonyl (C=O) groups excluding carboxylic acids is 1. The average molecular weight is 438 g/mol. The van der Waals surface area contributed by atoms with Gasteiger partial charge in [-0.15, -0.1) is 0 Å². The molecule has 0 amide bonds. The Hall–Kier alpha value is -2.39. The van der Waals surface area contributed by atoms with Crippen LogP contribution in [-0.4, -0.2) is 17.6 Å². The summed E-state index contributed by atoms with van der Waals surface area (Å²) in [5.41, 5.74) is 5.96. The van der Waals surface area contributed by atoms with E-state index < -0.39 is 5.92 Å². The minimum absolute atomic E-state index is 0.0590. The molecule has 0 saturated carbocycles. The number of rotatable bonds is 6. The summed E-state index contributed by atoms with van der Waals surface area (Å²) in [6.45, 7) is 12.8. The molecule has 0 fully saturated rings. The van der Waals surface area contributed by atoms with Gasteiger partial charge in [-0.2, -0.15) is 0 Å². The van der Waals surface area contributed by atoms with Gasteiger partial charge in [0.25, 0.3) is 0 Å². The van der Waals surface area contributed by atoms with E-state index >= 15 is 0 Å². The van der Waals surface area contributed by atoms with Gasteiger partial charge in [0, 0.05) is 16.1 Å². The summed E-state index contributed by atoms with van der Waals surface area (Å²) in [5, 5.41) is 1.61. The van der Waals surface area contributed by atoms with E-state index in [0.29, 0.717) is 18.1 Å². The van der Waals surface area contributed by atoms with Crippen molar-refractivity contribution in [2.75, 3.05) is 6.61 Å². The maximum atomic E-state index is 13.2. The van der Waals surface area contributed by atoms with E-state index in [9.17, 15) is 4.79 Å². The molecule has 1 atom stereocenters. The Labute approximate surface area is 190 Å². The van der Waals surface area contributed by atoms with Crippen molar-refractivity contribution in [3.05, 3.63) is 64.3 Å². The summed E-state index contributed by atoms with van der Waals surface area (Å²) >= 11 is 6.40. The van der Waals surface area contributed by atoms with Crippen molar-refractivity contribution in [1.29, 1.82) is 0 Å². The summed E-state index contributed by atoms with van der Waals surface area (Å²) in [6.07, 6.45) is 1.64. The van der Waals surface area contributed by atoms with Crippen LogP contribution in [0.4, 0.5) is 0 Å². The molecule has 0 radical (unpaired) electrons. The maximum absolute atomic E-state index is 13.2. The molecule has 3 nitrogen and oxygen atoms in total. The van der Waals surface area contributed by atoms with Crippen LogP contribution in [0.5, 0.6) is 0 Å². The topological polar surface area (TPSA) is 39.2 Å². The number of nitrogens with zero attached hydrogens (tertiary/aromatic N) is 1. The zero-order chi connectivity index (χ0) is 22.8. The van der Waals surface area contributed by atoms with Crippen LogP contribution in [0.15, 0.2) is 42.5 Å². The van der Waals surface area contributed by atoms with Crippen LogP contribution in [0.25, 0.3) is 22.0 Å². The summed E-state index contributed by atoms with van der Waals surface area (Å²) < 4.78 is 5.53. The van der Waals surface area contributed by atoms with Crippen molar-refractivity contribution in [2.45, 2.75) is 60.3 Å². The number of fused-ring (bicyclic) bond motifs is 1. The molecule has 4 heteroatoms. The SMILES string of the molecule is CCOC(=O)C(CC(C)(C)C)c1c(C)nc2ccc(Cl)cc2c1-c1ccc(CC)cc1. The van der Waals surface area contributed by atoms with Gasteiger partial charge in [0.1, 0.15) is 0 Å². The molecule has 0 aliphatic carbocycles. The Kier molecular flexibility index (Phi) is 7.06. The fraction of sp³-hybridized carbons (Fsp3) is 0.407. The largest absolute Gasteiger partial charge is 0.466 e. The Morgan fingerprint density at radius 3 is 2.35 bits per heavy atom. The van der Waals surface area contributed by atoms with Crippen LogP contribution < -0.4 is 0 Å². The molecule has 1 heterocycles. The first-order valence-corrected chi connectivity index (χ1v) is 11.4. The predicted octanol–water partition coefficient (Wildman–Crippen LogP) is 7.51. The first kappa shape index (κ1) is 23.3. The lowest BCUT2D eigenvalue weighted by Gasteiger charge is -2.28. The molecule has 0 saturated heterocycles. The number of ether oxygens (including phenoxy) is 1. The van der Waals surface area contributed by atoms with Gasteiger partial charge < -0.3 is 4.74 Å². The molecule has 0 spiro atoms. The fourth-order valence-electron chi connectivity index (χ4n) is 4.18. The molecule has 1 unspecified atom stereocenters. The summed E-state index contributed by atoms with van der Waals surface area (Å²) in [7, 11) is 0. The highest BCUT2D eigenvalue weighted by molar-refractivity contribution is 6.31. The molecule has 0 bridgehead atoms. The van der Waals surface area contributed by atoms with E-state index in [4.69, 9.17) is 21.3 Å². The number of hydrogen-bond acceptors (Lipinski definition) is 3. The van der Waals surface area contributed by atoms with Crippen molar-refractivity contribution in [1.82, 2.24) is 4.98 Å². The van der Waals surface area contributed by atoms with E-state index in [-0.39, 0.29) is 11.4 Å². The standard InChI is InChI=1S/C27H32ClNO2/c1-7-18-9-11-19(12-10-18)25-21-15-20(28)13-14-23(21)29-17(3)24(25)22(16-27(4,5)6)26(30)31-8-2/h9-15,22H,7-8,16H2,1-6H3. The number of halogens is 1. The lowest BCUT2D eigenvalue weighted by Crippen LogP contribution is -2.23. The van der Waals surface area contributed by atoms with E-state index in [1.54, 1.807) is 0 Å². The number of aryl methyl sites for hydroxylation is 2. The predicted molar refractivity (Wildman–Crippen MR) is 130 cm³/mol. The molecule has 0 aliphatic rings. The number of pyridine rings is 1. The number of esters is 1. The summed E-state index contributed by atoms with van der Waals surface area (Å²) in [5.74, 6) is -0.605. The van der Waals surface area contributed by atoms with Crippen LogP contribution in [-0.2, 0) is 16.0 Å². The van der Waals surface area contributed by atoms with Crippen LogP contribution in [0, 0.1) is 12.3 Å². The van der Waals surface area contributed by atoms with Gasteiger partial charge in [-0.3, -0.25) is 9.78 Å². The van der Waals surface area contributed by atoms with E-state index in [0.717, 1.165) is 39.7 Å². The Morgan fingerprint density at radius 2 is 1.77 bits per heavy atom. The van der Waals surface area contributed by atoms with E-state index in [1.807, 2.05) is 32.0 Å². The van der Waals surface area contributed by atoms with Gasteiger partial charge in [-0.1, -0.05) is 63.6 Å². The van der Waals surface area contributed by atoms with Crippen molar-refractivity contribution in [2.24, 2.45) is 5.41 Å². The third-order valence-corrected chi connectivity index (χ3v) is 5.80. The van der Waals surface area contributed by atoms with E-state index in [1.165, 1.54) is 5.56 Å². The molecular weight excluding hydrogens is 406 g/mol. The smallest absolute Gasteiger partial charge is 0.313 e. The number of carbonyl (C=O) groups is 1. The van der Waals surface area contributed by atoms with Gasteiger partial charge in [0.2, 0.25) is 0 Å². The second-order valence-corrected chi connectivity index (χ2v) is 9.70. The van der Waals surface area contributed by atoms with Gasteiger partial charge >= 0.3 is 5.97 Å². The minimum Gasteiger partial charge on any atom is -0.466 e. The van der Waals surface area contributed by atoms with Gasteiger partial charge in [0.15, 0.2) is 0 Å². The zero-order valence-corrected chi connectivity index (χ0v) is 20.1. The first-order valence-electron chi connectivity index (χ1n) is 11.0. The highest BCUT2D eigenvalue weighted by Gasteiger charge is 2.32. The maximum Gasteiger partial charge on any atom is 0.313 e. The monoisotopic (exact) mass is 437 g/mol. The van der Waals surface area contributed by atoms with Crippen molar-refractivity contribution < 1.29 is 9.53 Å². The second kappa shape index (κ2) is 9.40. The Balaban J connectivity index is 2.37. The minimum atomic E-state index is -0.406. The molecule has 2 aromatic carbocycles. The quantitative estimate of drug-likeness (QED) is 0.374. The molecule has 31 heavy (non-hydrogen) atoms. The van der Waals surface area contributed by atoms with Gasteiger partial charge in [-0.25, -0.2) is 0 Å². The molecule has 1 aromatic heterocycles. The first-order chi connectivity index (χ1) is 14.6. The summed E-state index contributed by atoms with van der Waals surface area (Å²) in [6, 6.07) is 14.3. The second-order valence-electron chi connectivity index (χ2n) is 9.27. The highest BCUT2D eigenvalue weighted by Crippen LogP contribution is 2.42. The zero-order valence-electron chi connectivity index (χ0n) is 19.4. The van der Waals surface area contributed by atoms with Gasteiger partial charge in [0.05, 0.1) is 18.0 Å². The Morgan fingerprint density at radius 1 is 1.10 bits per heavy atom. The van der Waals surface area contributed by atoms with Gasteiger partial charge in [-0.05, 0) is 72.6 Å². The van der Waals surface area contributed by atoms with Crippen LogP contribution >= 0.6 is 11.6 Å². The van der Waals surface area contributed by atoms with Crippen LogP contribution in [0.3, 0.4) is 0 Å². The number of aromatic nitrogens is 1. The lowest BCUT2D eigenvalue weighted by molar-refractivity contribution is -0.145. The number of hydrogen-bond donors (Lipinski definition) is 0. The van der Waals surface area contributed by atoms with Crippen LogP contribution in [0.2, 0.25) is 5.02 Å². The van der Waals surface area contributed by atoms with Crippen molar-refractivity contribution >= 4 is 28.5 Å². The molecule has 0 N–H and O–H groups in total. The average Bonchev–Trinajstić information content (AvgIpc) is 2.71. The molecule has 3 rings (SSSR count). The molecule has 164 valence electrons. The van der Waals surface area contributed by atoms with Crippen molar-refractivity contribution in [3.8, 4) is 11.1 Å². The Bertz CT molecular complexity index is 1080. The third kappa shape index (κ3) is 5.27. The fourth-order valence-corrected chi connectivity index (χ4v) is 4.35. The van der Waals surface area contributed by atoms with Crippen LogP contribution in [0.1, 0.15) is 63.8 Å². The number of benzene rings is 2. The lowest BCUT2D eigenvalue weighted by atomic mass is 9.78. The molecular formula is C27H32ClNO2. The normalized spacial score (nSPS) is 12.7. The third-order valence-electron chi connectivity index (χ3n) is 5.56. The molecule has 3 aromatic rings. The summed E-state index contributed by atoms with van der Waals surface area (Å²) in [4.78, 5) is 18.0. The highest BCUT2D eigenvalue weighted by atomic mass is 35.5. The van der Waals surface area contributed by atoms with Crippen molar-refractivity contribution in [3.63, 3.8) is 0 Å².